The average molecular weight is 256 g/mol. The molecule has 0 saturated carbocycles. The predicted molar refractivity (Wildman–Crippen MR) is 74.3 cm³/mol. The van der Waals surface area contributed by atoms with Crippen molar-refractivity contribution < 1.29 is 5.11 Å². The lowest BCUT2D eigenvalue weighted by Gasteiger charge is -2.10. The average Bonchev–Trinajstić information content (AvgIpc) is 2.80. The van der Waals surface area contributed by atoms with Crippen molar-refractivity contribution in [1.82, 2.24) is 9.55 Å². The van der Waals surface area contributed by atoms with Crippen LogP contribution in [0.25, 0.3) is 0 Å². The fraction of sp³-hybridized carbons (Fsp3) is 0.769. The maximum atomic E-state index is 9.79. The van der Waals surface area contributed by atoms with Crippen molar-refractivity contribution in [3.63, 3.8) is 0 Å². The molecule has 1 atom stereocenters. The van der Waals surface area contributed by atoms with E-state index in [1.54, 1.807) is 12.5 Å². The first-order valence-corrected chi connectivity index (χ1v) is 7.70. The van der Waals surface area contributed by atoms with Crippen LogP contribution in [0.2, 0.25) is 0 Å². The number of thioether (sulfide) groups is 1. The van der Waals surface area contributed by atoms with Gasteiger partial charge in [0, 0.05) is 18.1 Å². The van der Waals surface area contributed by atoms with Crippen LogP contribution in [-0.2, 0) is 6.54 Å². The Morgan fingerprint density at radius 2 is 2.12 bits per heavy atom. The molecular formula is C13H24N2OS. The third-order valence-corrected chi connectivity index (χ3v) is 3.88. The van der Waals surface area contributed by atoms with Gasteiger partial charge in [0.05, 0.1) is 19.0 Å². The summed E-state index contributed by atoms with van der Waals surface area (Å²) in [6.45, 7) is 2.89. The van der Waals surface area contributed by atoms with Crippen LogP contribution in [0, 0.1) is 0 Å². The largest absolute Gasteiger partial charge is 0.390 e. The molecule has 1 heterocycles. The van der Waals surface area contributed by atoms with Gasteiger partial charge in [-0.1, -0.05) is 32.6 Å². The Morgan fingerprint density at radius 1 is 1.29 bits per heavy atom. The van der Waals surface area contributed by atoms with Gasteiger partial charge in [-0.2, -0.15) is 11.8 Å². The monoisotopic (exact) mass is 256 g/mol. The Balaban J connectivity index is 1.92. The zero-order valence-electron chi connectivity index (χ0n) is 10.7. The molecule has 98 valence electrons. The highest BCUT2D eigenvalue weighted by Gasteiger charge is 2.04. The summed E-state index contributed by atoms with van der Waals surface area (Å²) in [6.07, 6.45) is 11.7. The maximum absolute atomic E-state index is 9.79. The van der Waals surface area contributed by atoms with Crippen LogP contribution in [-0.4, -0.2) is 32.3 Å². The van der Waals surface area contributed by atoms with Gasteiger partial charge in [-0.15, -0.1) is 0 Å². The van der Waals surface area contributed by atoms with Gasteiger partial charge in [0.15, 0.2) is 0 Å². The molecule has 1 rings (SSSR count). The van der Waals surface area contributed by atoms with Gasteiger partial charge < -0.3 is 9.67 Å². The van der Waals surface area contributed by atoms with E-state index in [-0.39, 0.29) is 6.10 Å². The second-order valence-electron chi connectivity index (χ2n) is 4.40. The number of aromatic nitrogens is 2. The summed E-state index contributed by atoms with van der Waals surface area (Å²) < 4.78 is 1.92. The molecule has 17 heavy (non-hydrogen) atoms. The molecule has 4 heteroatoms. The minimum Gasteiger partial charge on any atom is -0.390 e. The lowest BCUT2D eigenvalue weighted by molar-refractivity contribution is 0.178. The first kappa shape index (κ1) is 14.6. The molecular weight excluding hydrogens is 232 g/mol. The van der Waals surface area contributed by atoms with Gasteiger partial charge >= 0.3 is 0 Å². The Morgan fingerprint density at radius 3 is 2.82 bits per heavy atom. The molecule has 0 aromatic carbocycles. The summed E-state index contributed by atoms with van der Waals surface area (Å²) in [5.74, 6) is 2.00. The van der Waals surface area contributed by atoms with E-state index in [1.165, 1.54) is 37.9 Å². The molecule has 3 nitrogen and oxygen atoms in total. The topological polar surface area (TPSA) is 38.0 Å². The minimum absolute atomic E-state index is 0.259. The molecule has 0 aliphatic heterocycles. The van der Waals surface area contributed by atoms with Crippen molar-refractivity contribution in [1.29, 1.82) is 0 Å². The smallest absolute Gasteiger partial charge is 0.0946 e. The van der Waals surface area contributed by atoms with Crippen LogP contribution in [0.1, 0.15) is 39.0 Å². The van der Waals surface area contributed by atoms with E-state index in [0.29, 0.717) is 6.54 Å². The predicted octanol–water partition coefficient (Wildman–Crippen LogP) is 2.95. The number of aliphatic hydroxyl groups excluding tert-OH is 1. The fourth-order valence-corrected chi connectivity index (χ4v) is 2.67. The van der Waals surface area contributed by atoms with E-state index < -0.39 is 0 Å². The molecule has 0 aliphatic rings. The first-order valence-electron chi connectivity index (χ1n) is 6.54. The van der Waals surface area contributed by atoms with Crippen molar-refractivity contribution in [2.75, 3.05) is 11.5 Å². The Hall–Kier alpha value is -0.480. The van der Waals surface area contributed by atoms with E-state index in [0.717, 1.165) is 5.75 Å². The van der Waals surface area contributed by atoms with E-state index >= 15 is 0 Å². The molecule has 0 amide bonds. The molecule has 0 fully saturated rings. The summed E-state index contributed by atoms with van der Waals surface area (Å²) in [5, 5.41) is 9.79. The number of imidazole rings is 1. The van der Waals surface area contributed by atoms with Crippen molar-refractivity contribution in [3.8, 4) is 0 Å². The Labute approximate surface area is 109 Å². The van der Waals surface area contributed by atoms with E-state index in [9.17, 15) is 5.11 Å². The molecule has 0 saturated heterocycles. The highest BCUT2D eigenvalue weighted by atomic mass is 32.2. The quantitative estimate of drug-likeness (QED) is 0.654. The summed E-state index contributed by atoms with van der Waals surface area (Å²) in [5.41, 5.74) is 0. The second-order valence-corrected chi connectivity index (χ2v) is 5.55. The van der Waals surface area contributed by atoms with Crippen LogP contribution < -0.4 is 0 Å². The highest BCUT2D eigenvalue weighted by molar-refractivity contribution is 7.99. The zero-order chi connectivity index (χ0) is 12.3. The summed E-state index contributed by atoms with van der Waals surface area (Å²) >= 11 is 1.86. The molecule has 0 bridgehead atoms. The normalized spacial score (nSPS) is 12.8. The van der Waals surface area contributed by atoms with Crippen molar-refractivity contribution in [3.05, 3.63) is 18.7 Å². The van der Waals surface area contributed by atoms with Crippen LogP contribution in [0.4, 0.5) is 0 Å². The first-order chi connectivity index (χ1) is 8.33. The van der Waals surface area contributed by atoms with Gasteiger partial charge in [-0.3, -0.25) is 0 Å². The molecule has 1 aromatic rings. The standard InChI is InChI=1S/C13H24N2OS/c1-2-3-4-5-6-9-17-11-13(16)10-15-8-7-14-12-15/h7-8,12-13,16H,2-6,9-11H2,1H3. The lowest BCUT2D eigenvalue weighted by atomic mass is 10.2. The van der Waals surface area contributed by atoms with Gasteiger partial charge in [0.2, 0.25) is 0 Å². The second kappa shape index (κ2) is 9.54. The molecule has 0 radical (unpaired) electrons. The number of unbranched alkanes of at least 4 members (excludes halogenated alkanes) is 4. The minimum atomic E-state index is -0.259. The maximum Gasteiger partial charge on any atom is 0.0946 e. The molecule has 1 unspecified atom stereocenters. The van der Waals surface area contributed by atoms with Crippen LogP contribution in [0.15, 0.2) is 18.7 Å². The van der Waals surface area contributed by atoms with E-state index in [2.05, 4.69) is 11.9 Å². The number of hydrogen-bond acceptors (Lipinski definition) is 3. The van der Waals surface area contributed by atoms with Crippen molar-refractivity contribution >= 4 is 11.8 Å². The SMILES string of the molecule is CCCCCCCSCC(O)Cn1ccnc1. The Kier molecular flexibility index (Phi) is 8.18. The third-order valence-electron chi connectivity index (χ3n) is 2.68. The van der Waals surface area contributed by atoms with Crippen molar-refractivity contribution in [2.24, 2.45) is 0 Å². The molecule has 0 aliphatic carbocycles. The van der Waals surface area contributed by atoms with E-state index in [1.807, 2.05) is 22.5 Å². The number of rotatable bonds is 10. The summed E-state index contributed by atoms with van der Waals surface area (Å²) in [4.78, 5) is 3.96. The molecule has 1 aromatic heterocycles. The number of nitrogens with zero attached hydrogens (tertiary/aromatic N) is 2. The lowest BCUT2D eigenvalue weighted by Crippen LogP contribution is -2.17. The van der Waals surface area contributed by atoms with Crippen molar-refractivity contribution in [2.45, 2.75) is 51.7 Å². The van der Waals surface area contributed by atoms with Gasteiger partial charge in [-0.05, 0) is 12.2 Å². The zero-order valence-corrected chi connectivity index (χ0v) is 11.5. The molecule has 1 N–H and O–H groups in total. The van der Waals surface area contributed by atoms with E-state index in [4.69, 9.17) is 0 Å². The molecule has 0 spiro atoms. The number of hydrogen-bond donors (Lipinski definition) is 1. The summed E-state index contributed by atoms with van der Waals surface area (Å²) in [7, 11) is 0. The fourth-order valence-electron chi connectivity index (χ4n) is 1.72. The third kappa shape index (κ3) is 7.45. The van der Waals surface area contributed by atoms with Crippen LogP contribution >= 0.6 is 11.8 Å². The van der Waals surface area contributed by atoms with Gasteiger partial charge in [0.1, 0.15) is 0 Å². The van der Waals surface area contributed by atoms with Crippen LogP contribution in [0.3, 0.4) is 0 Å². The van der Waals surface area contributed by atoms with Gasteiger partial charge in [-0.25, -0.2) is 4.98 Å². The highest BCUT2D eigenvalue weighted by Crippen LogP contribution is 2.10. The Bertz CT molecular complexity index is 264. The van der Waals surface area contributed by atoms with Crippen LogP contribution in [0.5, 0.6) is 0 Å². The van der Waals surface area contributed by atoms with Gasteiger partial charge in [0.25, 0.3) is 0 Å². The number of aliphatic hydroxyl groups is 1. The summed E-state index contributed by atoms with van der Waals surface area (Å²) in [6, 6.07) is 0.